The second kappa shape index (κ2) is 9.04. The Labute approximate surface area is 206 Å². The predicted octanol–water partition coefficient (Wildman–Crippen LogP) is 4.40. The van der Waals surface area contributed by atoms with Crippen molar-refractivity contribution in [1.29, 1.82) is 0 Å². The van der Waals surface area contributed by atoms with Gasteiger partial charge in [0.15, 0.2) is 21.4 Å². The maximum atomic E-state index is 12.7. The van der Waals surface area contributed by atoms with Crippen LogP contribution < -0.4 is 4.90 Å². The Morgan fingerprint density at radius 1 is 0.943 bits per heavy atom. The normalized spacial score (nSPS) is 17.4. The average molecular weight is 491 g/mol. The molecule has 2 aromatic carbocycles. The van der Waals surface area contributed by atoms with Gasteiger partial charge in [0.2, 0.25) is 0 Å². The lowest BCUT2D eigenvalue weighted by Crippen LogP contribution is -2.34. The van der Waals surface area contributed by atoms with Gasteiger partial charge >= 0.3 is 0 Å². The van der Waals surface area contributed by atoms with Crippen molar-refractivity contribution in [3.63, 3.8) is 0 Å². The first kappa shape index (κ1) is 23.4. The van der Waals surface area contributed by atoms with E-state index in [9.17, 15) is 13.2 Å². The molecule has 5 rings (SSSR count). The molecule has 3 aliphatic rings. The summed E-state index contributed by atoms with van der Waals surface area (Å²) >= 11 is 0. The van der Waals surface area contributed by atoms with Gasteiger partial charge in [0.1, 0.15) is 0 Å². The number of methoxy groups -OCH3 is 2. The van der Waals surface area contributed by atoms with Gasteiger partial charge in [-0.1, -0.05) is 18.2 Å². The van der Waals surface area contributed by atoms with Crippen LogP contribution in [-0.2, 0) is 36.9 Å². The number of aryl methyl sites for hydroxylation is 2. The van der Waals surface area contributed by atoms with Gasteiger partial charge in [0.25, 0.3) is 5.78 Å². The Kier molecular flexibility index (Phi) is 6.05. The molecule has 0 unspecified atom stereocenters. The Hall–Kier alpha value is -3.32. The number of Topliss-reactive ketones (excluding diaryl/α,β-unsaturated/α-hetero) is 1. The van der Waals surface area contributed by atoms with Crippen LogP contribution in [0.1, 0.15) is 35.1 Å². The minimum atomic E-state index is -3.77. The summed E-state index contributed by atoms with van der Waals surface area (Å²) in [6, 6.07) is 11.2. The molecule has 181 valence electrons. The second-order valence-electron chi connectivity index (χ2n) is 9.03. The topological polar surface area (TPSA) is 72.9 Å². The molecule has 0 saturated carbocycles. The number of allylic oxidation sites excluding steroid dienone is 3. The van der Waals surface area contributed by atoms with Crippen molar-refractivity contribution in [3.05, 3.63) is 94.2 Å². The standard InChI is InChI=1S/C28H28NO5S/c1-33-23-16-21(17-24(34-2)28(23)30)26(22-10-4-5-11-25(22)35(3,31)32)20-14-18-8-6-12-29-13-7-9-19(15-20)27(18)29/h4-5,10-11,14-17H,3,6-9,12-13H2,1-2H3. The van der Waals surface area contributed by atoms with E-state index >= 15 is 0 Å². The molecule has 0 fully saturated rings. The van der Waals surface area contributed by atoms with Gasteiger partial charge in [-0.05, 0) is 83.9 Å². The van der Waals surface area contributed by atoms with Crippen molar-refractivity contribution in [2.24, 2.45) is 0 Å². The monoisotopic (exact) mass is 490 g/mol. The van der Waals surface area contributed by atoms with Crippen LogP contribution in [-0.4, -0.2) is 41.5 Å². The van der Waals surface area contributed by atoms with Crippen molar-refractivity contribution in [1.82, 2.24) is 0 Å². The lowest BCUT2D eigenvalue weighted by molar-refractivity contribution is -0.117. The van der Waals surface area contributed by atoms with Crippen molar-refractivity contribution in [3.8, 4) is 0 Å². The third-order valence-electron chi connectivity index (χ3n) is 6.86. The minimum absolute atomic E-state index is 0.132. The van der Waals surface area contributed by atoms with Crippen molar-refractivity contribution in [2.45, 2.75) is 30.6 Å². The van der Waals surface area contributed by atoms with E-state index in [0.29, 0.717) is 16.7 Å². The number of carbonyl (C=O) groups is 1. The highest BCUT2D eigenvalue weighted by Gasteiger charge is 2.29. The average Bonchev–Trinajstić information content (AvgIpc) is 2.85. The third kappa shape index (κ3) is 4.18. The van der Waals surface area contributed by atoms with E-state index < -0.39 is 9.84 Å². The number of ether oxygens (including phenoxy) is 2. The number of benzene rings is 2. The molecule has 2 aliphatic heterocycles. The first-order chi connectivity index (χ1) is 16.8. The molecule has 7 heteroatoms. The highest BCUT2D eigenvalue weighted by Crippen LogP contribution is 2.41. The van der Waals surface area contributed by atoms with Gasteiger partial charge < -0.3 is 14.4 Å². The lowest BCUT2D eigenvalue weighted by atomic mass is 9.84. The van der Waals surface area contributed by atoms with Crippen molar-refractivity contribution >= 4 is 26.9 Å². The molecule has 2 heterocycles. The molecule has 1 radical (unpaired) electrons. The Balaban J connectivity index is 1.85. The first-order valence-electron chi connectivity index (χ1n) is 11.7. The smallest absolute Gasteiger partial charge is 0.261 e. The zero-order valence-corrected chi connectivity index (χ0v) is 20.8. The number of anilines is 1. The summed E-state index contributed by atoms with van der Waals surface area (Å²) in [6.45, 7) is 2.13. The Morgan fingerprint density at radius 3 is 2.06 bits per heavy atom. The van der Waals surface area contributed by atoms with E-state index in [2.05, 4.69) is 23.3 Å². The van der Waals surface area contributed by atoms with Crippen LogP contribution in [0.2, 0.25) is 0 Å². The highest BCUT2D eigenvalue weighted by molar-refractivity contribution is 7.92. The molecule has 0 bridgehead atoms. The minimum Gasteiger partial charge on any atom is -0.492 e. The third-order valence-corrected chi connectivity index (χ3v) is 7.89. The largest absolute Gasteiger partial charge is 0.492 e. The summed E-state index contributed by atoms with van der Waals surface area (Å²) in [4.78, 5) is 15.3. The molecule has 1 aliphatic carbocycles. The number of hydrogen-bond donors (Lipinski definition) is 0. The van der Waals surface area contributed by atoms with Gasteiger partial charge in [-0.2, -0.15) is 0 Å². The van der Waals surface area contributed by atoms with Gasteiger partial charge in [-0.25, -0.2) is 8.42 Å². The first-order valence-corrected chi connectivity index (χ1v) is 13.4. The van der Waals surface area contributed by atoms with Crippen molar-refractivity contribution < 1.29 is 22.7 Å². The molecular weight excluding hydrogens is 462 g/mol. The quantitative estimate of drug-likeness (QED) is 0.619. The Bertz CT molecular complexity index is 1360. The fraction of sp³-hybridized carbons (Fsp3) is 0.286. The molecule has 0 N–H and O–H groups in total. The van der Waals surface area contributed by atoms with Gasteiger partial charge in [0.05, 0.1) is 25.4 Å². The predicted molar refractivity (Wildman–Crippen MR) is 135 cm³/mol. The molecular formula is C28H28NO5S. The molecule has 0 aromatic heterocycles. The fourth-order valence-corrected chi connectivity index (χ4v) is 6.19. The zero-order valence-electron chi connectivity index (χ0n) is 20.0. The fourth-order valence-electron chi connectivity index (χ4n) is 5.39. The number of ketones is 1. The summed E-state index contributed by atoms with van der Waals surface area (Å²) in [5, 5.41) is 0. The number of rotatable bonds is 5. The highest BCUT2D eigenvalue weighted by atomic mass is 32.2. The van der Waals surface area contributed by atoms with Crippen LogP contribution in [0.5, 0.6) is 0 Å². The van der Waals surface area contributed by atoms with Gasteiger partial charge in [-0.15, -0.1) is 0 Å². The van der Waals surface area contributed by atoms with Crippen LogP contribution in [0.4, 0.5) is 5.69 Å². The maximum Gasteiger partial charge on any atom is 0.261 e. The van der Waals surface area contributed by atoms with Crippen LogP contribution >= 0.6 is 0 Å². The summed E-state index contributed by atoms with van der Waals surface area (Å²) in [5.74, 6) is -0.0816. The summed E-state index contributed by atoms with van der Waals surface area (Å²) in [5.41, 5.74) is 6.65. The molecule has 0 atom stereocenters. The lowest BCUT2D eigenvalue weighted by Gasteiger charge is -2.37. The number of hydrogen-bond acceptors (Lipinski definition) is 6. The Morgan fingerprint density at radius 2 is 1.51 bits per heavy atom. The number of sulfone groups is 1. The van der Waals surface area contributed by atoms with E-state index in [4.69, 9.17) is 9.47 Å². The number of nitrogens with zero attached hydrogens (tertiary/aromatic N) is 1. The van der Waals surface area contributed by atoms with Crippen LogP contribution in [0, 0.1) is 6.26 Å². The zero-order chi connectivity index (χ0) is 24.7. The summed E-state index contributed by atoms with van der Waals surface area (Å²) < 4.78 is 36.1. The summed E-state index contributed by atoms with van der Waals surface area (Å²) in [6.07, 6.45) is 10.9. The van der Waals surface area contributed by atoms with E-state index in [1.54, 1.807) is 30.4 Å². The van der Waals surface area contributed by atoms with Gasteiger partial charge in [0, 0.05) is 24.3 Å². The maximum absolute atomic E-state index is 12.7. The van der Waals surface area contributed by atoms with Gasteiger partial charge in [-0.3, -0.25) is 4.79 Å². The van der Waals surface area contributed by atoms with Crippen molar-refractivity contribution in [2.75, 3.05) is 32.2 Å². The van der Waals surface area contributed by atoms with Crippen LogP contribution in [0.15, 0.2) is 70.5 Å². The summed E-state index contributed by atoms with van der Waals surface area (Å²) in [7, 11) is -0.896. The molecule has 2 aromatic rings. The molecule has 0 spiro atoms. The molecule has 0 saturated heterocycles. The second-order valence-corrected chi connectivity index (χ2v) is 10.7. The number of carbonyl (C=O) groups excluding carboxylic acids is 1. The van der Waals surface area contributed by atoms with E-state index in [1.807, 2.05) is 6.07 Å². The molecule has 6 nitrogen and oxygen atoms in total. The van der Waals surface area contributed by atoms with E-state index in [-0.39, 0.29) is 22.2 Å². The molecule has 0 amide bonds. The van der Waals surface area contributed by atoms with E-state index in [0.717, 1.165) is 44.3 Å². The van der Waals surface area contributed by atoms with E-state index in [1.165, 1.54) is 31.0 Å². The van der Waals surface area contributed by atoms with Crippen LogP contribution in [0.3, 0.4) is 0 Å². The SMILES string of the molecule is [CH2]S(=O)(=O)c1ccccc1C(=C1C=C(OC)C(=O)C(OC)=C1)c1cc2c3c(c1)CCCN3CCC2. The molecule has 35 heavy (non-hydrogen) atoms. The van der Waals surface area contributed by atoms with Crippen LogP contribution in [0.25, 0.3) is 5.57 Å².